The molecule has 1 aliphatic rings. The van der Waals surface area contributed by atoms with E-state index in [1.807, 2.05) is 18.2 Å². The van der Waals surface area contributed by atoms with Gasteiger partial charge >= 0.3 is 0 Å². The van der Waals surface area contributed by atoms with Crippen molar-refractivity contribution in [1.82, 2.24) is 5.32 Å². The predicted octanol–water partition coefficient (Wildman–Crippen LogP) is 2.47. The van der Waals surface area contributed by atoms with Crippen LogP contribution in [0.15, 0.2) is 18.2 Å². The highest BCUT2D eigenvalue weighted by Crippen LogP contribution is 2.32. The van der Waals surface area contributed by atoms with E-state index in [-0.39, 0.29) is 0 Å². The van der Waals surface area contributed by atoms with Crippen LogP contribution in [0.5, 0.6) is 17.2 Å². The lowest BCUT2D eigenvalue weighted by atomic mass is 10.2. The van der Waals surface area contributed by atoms with E-state index in [2.05, 4.69) is 12.2 Å². The second-order valence-corrected chi connectivity index (χ2v) is 4.98. The number of nitrogens with one attached hydrogen (secondary N) is 1. The van der Waals surface area contributed by atoms with E-state index in [9.17, 15) is 0 Å². The lowest BCUT2D eigenvalue weighted by molar-refractivity contribution is 0.298. The molecule has 2 rings (SSSR count). The van der Waals surface area contributed by atoms with Gasteiger partial charge in [0.2, 0.25) is 0 Å². The molecule has 0 amide bonds. The minimum Gasteiger partial charge on any atom is -0.496 e. The summed E-state index contributed by atoms with van der Waals surface area (Å²) in [5, 5.41) is 3.48. The molecular weight excluding hydrogens is 242 g/mol. The van der Waals surface area contributed by atoms with Crippen LogP contribution in [-0.2, 0) is 0 Å². The Morgan fingerprint density at radius 2 is 1.68 bits per heavy atom. The van der Waals surface area contributed by atoms with E-state index in [0.717, 1.165) is 29.7 Å². The molecule has 106 valence electrons. The maximum absolute atomic E-state index is 5.72. The van der Waals surface area contributed by atoms with Crippen molar-refractivity contribution in [2.75, 3.05) is 27.4 Å². The third-order valence-electron chi connectivity index (χ3n) is 3.49. The molecule has 0 aliphatic heterocycles. The molecule has 1 aromatic carbocycles. The molecule has 1 N–H and O–H groups in total. The van der Waals surface area contributed by atoms with Crippen LogP contribution >= 0.6 is 0 Å². The number of hydrogen-bond acceptors (Lipinski definition) is 4. The summed E-state index contributed by atoms with van der Waals surface area (Å²) in [4.78, 5) is 0. The molecule has 1 fully saturated rings. The van der Waals surface area contributed by atoms with Gasteiger partial charge in [0.1, 0.15) is 23.9 Å². The second-order valence-electron chi connectivity index (χ2n) is 4.98. The van der Waals surface area contributed by atoms with Gasteiger partial charge in [0.05, 0.1) is 14.2 Å². The molecular formula is C15H23NO3. The molecule has 4 nitrogen and oxygen atoms in total. The Balaban J connectivity index is 1.77. The van der Waals surface area contributed by atoms with Crippen molar-refractivity contribution in [2.45, 2.75) is 25.8 Å². The zero-order chi connectivity index (χ0) is 13.7. The Bertz CT molecular complexity index is 382. The van der Waals surface area contributed by atoms with Gasteiger partial charge in [-0.25, -0.2) is 0 Å². The highest BCUT2D eigenvalue weighted by molar-refractivity contribution is 5.41. The number of benzene rings is 1. The number of hydrogen-bond donors (Lipinski definition) is 1. The topological polar surface area (TPSA) is 39.7 Å². The Labute approximate surface area is 115 Å². The molecule has 0 bridgehead atoms. The Morgan fingerprint density at radius 3 is 2.21 bits per heavy atom. The standard InChI is InChI=1S/C15H23NO3/c1-11(12-4-5-12)16-6-7-19-15-9-13(17-2)8-14(10-15)18-3/h8-12,16H,4-7H2,1-3H3. The van der Waals surface area contributed by atoms with E-state index >= 15 is 0 Å². The average Bonchev–Trinajstić information content (AvgIpc) is 3.27. The molecule has 4 heteroatoms. The molecule has 0 saturated heterocycles. The van der Waals surface area contributed by atoms with Gasteiger partial charge in [0.15, 0.2) is 0 Å². The van der Waals surface area contributed by atoms with E-state index in [1.165, 1.54) is 12.8 Å². The van der Waals surface area contributed by atoms with Crippen LogP contribution < -0.4 is 19.5 Å². The Morgan fingerprint density at radius 1 is 1.11 bits per heavy atom. The Kier molecular flexibility index (Phi) is 4.91. The molecule has 0 aromatic heterocycles. The van der Waals surface area contributed by atoms with Gasteiger partial charge in [0, 0.05) is 30.8 Å². The van der Waals surface area contributed by atoms with Gasteiger partial charge in [-0.2, -0.15) is 0 Å². The highest BCUT2D eigenvalue weighted by atomic mass is 16.5. The van der Waals surface area contributed by atoms with Crippen LogP contribution in [0.25, 0.3) is 0 Å². The fraction of sp³-hybridized carbons (Fsp3) is 0.600. The lowest BCUT2D eigenvalue weighted by Gasteiger charge is -2.14. The second kappa shape index (κ2) is 6.66. The summed E-state index contributed by atoms with van der Waals surface area (Å²) in [6.07, 6.45) is 2.73. The first-order chi connectivity index (χ1) is 9.22. The van der Waals surface area contributed by atoms with Gasteiger partial charge in [-0.1, -0.05) is 0 Å². The van der Waals surface area contributed by atoms with Gasteiger partial charge in [0.25, 0.3) is 0 Å². The molecule has 1 unspecified atom stereocenters. The van der Waals surface area contributed by atoms with Crippen LogP contribution in [0, 0.1) is 5.92 Å². The molecule has 19 heavy (non-hydrogen) atoms. The van der Waals surface area contributed by atoms with Crippen LogP contribution in [0.4, 0.5) is 0 Å². The van der Waals surface area contributed by atoms with Crippen molar-refractivity contribution in [3.8, 4) is 17.2 Å². The maximum atomic E-state index is 5.72. The summed E-state index contributed by atoms with van der Waals surface area (Å²) < 4.78 is 16.1. The van der Waals surface area contributed by atoms with Crippen LogP contribution in [0.1, 0.15) is 19.8 Å². The SMILES string of the molecule is COc1cc(OC)cc(OCCNC(C)C2CC2)c1. The van der Waals surface area contributed by atoms with Gasteiger partial charge in [-0.3, -0.25) is 0 Å². The summed E-state index contributed by atoms with van der Waals surface area (Å²) in [5.74, 6) is 3.14. The third kappa shape index (κ3) is 4.31. The highest BCUT2D eigenvalue weighted by Gasteiger charge is 2.27. The van der Waals surface area contributed by atoms with Gasteiger partial charge < -0.3 is 19.5 Å². The van der Waals surface area contributed by atoms with Crippen molar-refractivity contribution >= 4 is 0 Å². The summed E-state index contributed by atoms with van der Waals surface area (Å²) in [5.41, 5.74) is 0. The van der Waals surface area contributed by atoms with Crippen molar-refractivity contribution in [3.63, 3.8) is 0 Å². The van der Waals surface area contributed by atoms with Crippen LogP contribution in [0.2, 0.25) is 0 Å². The molecule has 1 atom stereocenters. The van der Waals surface area contributed by atoms with Crippen molar-refractivity contribution in [3.05, 3.63) is 18.2 Å². The summed E-state index contributed by atoms with van der Waals surface area (Å²) >= 11 is 0. The molecule has 1 aliphatic carbocycles. The number of rotatable bonds is 8. The number of methoxy groups -OCH3 is 2. The van der Waals surface area contributed by atoms with E-state index in [4.69, 9.17) is 14.2 Å². The first-order valence-electron chi connectivity index (χ1n) is 6.82. The lowest BCUT2D eigenvalue weighted by Crippen LogP contribution is -2.31. The van der Waals surface area contributed by atoms with E-state index in [0.29, 0.717) is 12.6 Å². The summed E-state index contributed by atoms with van der Waals surface area (Å²) in [6.45, 7) is 3.75. The zero-order valence-electron chi connectivity index (χ0n) is 11.9. The van der Waals surface area contributed by atoms with Crippen molar-refractivity contribution in [2.24, 2.45) is 5.92 Å². The average molecular weight is 265 g/mol. The van der Waals surface area contributed by atoms with E-state index < -0.39 is 0 Å². The molecule has 1 saturated carbocycles. The number of ether oxygens (including phenoxy) is 3. The van der Waals surface area contributed by atoms with Crippen molar-refractivity contribution < 1.29 is 14.2 Å². The smallest absolute Gasteiger partial charge is 0.126 e. The monoisotopic (exact) mass is 265 g/mol. The van der Waals surface area contributed by atoms with Crippen molar-refractivity contribution in [1.29, 1.82) is 0 Å². The van der Waals surface area contributed by atoms with E-state index in [1.54, 1.807) is 14.2 Å². The minimum atomic E-state index is 0.600. The van der Waals surface area contributed by atoms with Crippen LogP contribution in [0.3, 0.4) is 0 Å². The molecule has 1 aromatic rings. The largest absolute Gasteiger partial charge is 0.496 e. The summed E-state index contributed by atoms with van der Waals surface area (Å²) in [6, 6.07) is 6.17. The summed E-state index contributed by atoms with van der Waals surface area (Å²) in [7, 11) is 3.27. The van der Waals surface area contributed by atoms with Gasteiger partial charge in [-0.05, 0) is 25.7 Å². The minimum absolute atomic E-state index is 0.600. The Hall–Kier alpha value is -1.42. The third-order valence-corrected chi connectivity index (χ3v) is 3.49. The molecule has 0 spiro atoms. The maximum Gasteiger partial charge on any atom is 0.126 e. The fourth-order valence-corrected chi connectivity index (χ4v) is 2.08. The molecule has 0 radical (unpaired) electrons. The van der Waals surface area contributed by atoms with Crippen LogP contribution in [-0.4, -0.2) is 33.4 Å². The first kappa shape index (κ1) is 14.0. The first-order valence-corrected chi connectivity index (χ1v) is 6.82. The predicted molar refractivity (Wildman–Crippen MR) is 75.2 cm³/mol. The molecule has 0 heterocycles. The quantitative estimate of drug-likeness (QED) is 0.733. The zero-order valence-corrected chi connectivity index (χ0v) is 11.9. The fourth-order valence-electron chi connectivity index (χ4n) is 2.08. The normalized spacial score (nSPS) is 15.9. The van der Waals surface area contributed by atoms with Gasteiger partial charge in [-0.15, -0.1) is 0 Å².